The van der Waals surface area contributed by atoms with Crippen molar-refractivity contribution in [1.82, 2.24) is 5.32 Å². The first-order valence-electron chi connectivity index (χ1n) is 5.06. The van der Waals surface area contributed by atoms with Crippen LogP contribution in [0.5, 0.6) is 0 Å². The fraction of sp³-hybridized carbons (Fsp3) is 0.455. The number of nitrogens with one attached hydrogen (secondary N) is 1. The summed E-state index contributed by atoms with van der Waals surface area (Å²) in [5.74, 6) is -0.615. The van der Waals surface area contributed by atoms with Gasteiger partial charge in [-0.1, -0.05) is 6.07 Å². The number of thiophene rings is 1. The van der Waals surface area contributed by atoms with Gasteiger partial charge in [-0.25, -0.2) is 0 Å². The molecule has 17 heavy (non-hydrogen) atoms. The molecular formula is C11H15NO4S. The van der Waals surface area contributed by atoms with Crippen LogP contribution in [0, 0.1) is 0 Å². The smallest absolute Gasteiger partial charge is 0.307 e. The third-order valence-electron chi connectivity index (χ3n) is 2.10. The molecule has 1 aromatic rings. The lowest BCUT2D eigenvalue weighted by atomic mass is 10.1. The van der Waals surface area contributed by atoms with E-state index < -0.39 is 0 Å². The number of hydrogen-bond donors (Lipinski definition) is 1. The van der Waals surface area contributed by atoms with E-state index in [9.17, 15) is 9.59 Å². The van der Waals surface area contributed by atoms with Gasteiger partial charge < -0.3 is 14.8 Å². The summed E-state index contributed by atoms with van der Waals surface area (Å²) in [5, 5.41) is 4.62. The molecule has 0 aliphatic rings. The van der Waals surface area contributed by atoms with Crippen LogP contribution >= 0.6 is 11.3 Å². The molecular weight excluding hydrogens is 242 g/mol. The van der Waals surface area contributed by atoms with Crippen LogP contribution in [0.25, 0.3) is 0 Å². The Bertz CT molecular complexity index is 364. The summed E-state index contributed by atoms with van der Waals surface area (Å²) in [6.45, 7) is -0.0248. The molecule has 0 aliphatic carbocycles. The second-order valence-corrected chi connectivity index (χ2v) is 4.33. The summed E-state index contributed by atoms with van der Waals surface area (Å²) in [7, 11) is 2.77. The molecule has 1 atom stereocenters. The molecule has 0 fully saturated rings. The van der Waals surface area contributed by atoms with E-state index >= 15 is 0 Å². The maximum Gasteiger partial charge on any atom is 0.307 e. The van der Waals surface area contributed by atoms with Crippen molar-refractivity contribution in [3.63, 3.8) is 0 Å². The molecule has 1 N–H and O–H groups in total. The maximum absolute atomic E-state index is 11.4. The van der Waals surface area contributed by atoms with E-state index in [2.05, 4.69) is 10.1 Å². The van der Waals surface area contributed by atoms with Gasteiger partial charge in [0.1, 0.15) is 6.61 Å². The molecule has 94 valence electrons. The zero-order valence-corrected chi connectivity index (χ0v) is 10.6. The number of carbonyl (C=O) groups excluding carboxylic acids is 2. The Morgan fingerprint density at radius 2 is 2.24 bits per heavy atom. The number of esters is 1. The third-order valence-corrected chi connectivity index (χ3v) is 3.08. The van der Waals surface area contributed by atoms with Crippen LogP contribution in [0.1, 0.15) is 17.3 Å². The Balaban J connectivity index is 2.66. The fourth-order valence-corrected chi connectivity index (χ4v) is 2.11. The Kier molecular flexibility index (Phi) is 5.65. The highest BCUT2D eigenvalue weighted by atomic mass is 32.1. The summed E-state index contributed by atoms with van der Waals surface area (Å²) < 4.78 is 9.33. The second-order valence-electron chi connectivity index (χ2n) is 3.35. The maximum atomic E-state index is 11.4. The van der Waals surface area contributed by atoms with Crippen LogP contribution < -0.4 is 5.32 Å². The number of ether oxygens (including phenoxy) is 2. The van der Waals surface area contributed by atoms with Crippen molar-refractivity contribution in [2.24, 2.45) is 0 Å². The molecule has 1 amide bonds. The Morgan fingerprint density at radius 1 is 1.47 bits per heavy atom. The van der Waals surface area contributed by atoms with Crippen molar-refractivity contribution in [2.75, 3.05) is 20.8 Å². The lowest BCUT2D eigenvalue weighted by Gasteiger charge is -2.15. The minimum absolute atomic E-state index is 0.0248. The number of rotatable bonds is 6. The first kappa shape index (κ1) is 13.7. The molecule has 0 saturated heterocycles. The van der Waals surface area contributed by atoms with Gasteiger partial charge in [0, 0.05) is 12.0 Å². The normalized spacial score (nSPS) is 11.9. The zero-order valence-electron chi connectivity index (χ0n) is 9.76. The van der Waals surface area contributed by atoms with E-state index in [0.29, 0.717) is 0 Å². The van der Waals surface area contributed by atoms with Crippen molar-refractivity contribution in [2.45, 2.75) is 12.5 Å². The topological polar surface area (TPSA) is 64.6 Å². The average molecular weight is 257 g/mol. The summed E-state index contributed by atoms with van der Waals surface area (Å²) in [5.41, 5.74) is 0. The molecule has 0 bridgehead atoms. The average Bonchev–Trinajstić information content (AvgIpc) is 2.81. The standard InChI is InChI=1S/C11H15NO4S/c1-15-7-10(13)12-8(6-11(14)16-2)9-4-3-5-17-9/h3-5,8H,6-7H2,1-2H3,(H,12,13). The third kappa shape index (κ3) is 4.54. The van der Waals surface area contributed by atoms with Crippen LogP contribution in [-0.2, 0) is 19.1 Å². The summed E-state index contributed by atoms with van der Waals surface area (Å²) >= 11 is 1.48. The quantitative estimate of drug-likeness (QED) is 0.775. The van der Waals surface area contributed by atoms with Crippen molar-refractivity contribution < 1.29 is 19.1 Å². The highest BCUT2D eigenvalue weighted by molar-refractivity contribution is 7.10. The minimum Gasteiger partial charge on any atom is -0.469 e. The van der Waals surface area contributed by atoms with Gasteiger partial charge in [0.05, 0.1) is 19.6 Å². The van der Waals surface area contributed by atoms with Crippen LogP contribution in [-0.4, -0.2) is 32.7 Å². The lowest BCUT2D eigenvalue weighted by Crippen LogP contribution is -2.32. The van der Waals surface area contributed by atoms with E-state index in [0.717, 1.165) is 4.88 Å². The molecule has 0 spiro atoms. The first-order valence-corrected chi connectivity index (χ1v) is 5.94. The van der Waals surface area contributed by atoms with Gasteiger partial charge >= 0.3 is 5.97 Å². The Hall–Kier alpha value is -1.40. The molecule has 0 saturated carbocycles. The summed E-state index contributed by atoms with van der Waals surface area (Å²) in [6, 6.07) is 3.38. The van der Waals surface area contributed by atoms with E-state index in [1.807, 2.05) is 17.5 Å². The molecule has 0 radical (unpaired) electrons. The SMILES string of the molecule is COCC(=O)NC(CC(=O)OC)c1cccs1. The van der Waals surface area contributed by atoms with Crippen molar-refractivity contribution in [1.29, 1.82) is 0 Å². The van der Waals surface area contributed by atoms with E-state index in [1.54, 1.807) is 0 Å². The highest BCUT2D eigenvalue weighted by Crippen LogP contribution is 2.22. The lowest BCUT2D eigenvalue weighted by molar-refractivity contribution is -0.141. The van der Waals surface area contributed by atoms with Crippen LogP contribution in [0.15, 0.2) is 17.5 Å². The van der Waals surface area contributed by atoms with Gasteiger partial charge in [-0.15, -0.1) is 11.3 Å². The van der Waals surface area contributed by atoms with Crippen molar-refractivity contribution in [3.8, 4) is 0 Å². The molecule has 0 aromatic carbocycles. The molecule has 1 unspecified atom stereocenters. The minimum atomic E-state index is -0.360. The molecule has 1 heterocycles. The van der Waals surface area contributed by atoms with Crippen LogP contribution in [0.4, 0.5) is 0 Å². The monoisotopic (exact) mass is 257 g/mol. The van der Waals surface area contributed by atoms with E-state index in [-0.39, 0.29) is 30.9 Å². The van der Waals surface area contributed by atoms with Crippen LogP contribution in [0.2, 0.25) is 0 Å². The largest absolute Gasteiger partial charge is 0.469 e. The van der Waals surface area contributed by atoms with Gasteiger partial charge in [0.15, 0.2) is 0 Å². The molecule has 5 nitrogen and oxygen atoms in total. The number of methoxy groups -OCH3 is 2. The highest BCUT2D eigenvalue weighted by Gasteiger charge is 2.19. The zero-order chi connectivity index (χ0) is 12.7. The number of hydrogen-bond acceptors (Lipinski definition) is 5. The Labute approximate surface area is 104 Å². The summed E-state index contributed by atoms with van der Waals surface area (Å²) in [4.78, 5) is 23.6. The molecule has 0 aliphatic heterocycles. The van der Waals surface area contributed by atoms with Gasteiger partial charge in [-0.3, -0.25) is 9.59 Å². The van der Waals surface area contributed by atoms with Gasteiger partial charge in [-0.05, 0) is 11.4 Å². The molecule has 1 rings (SSSR count). The van der Waals surface area contributed by atoms with Crippen molar-refractivity contribution >= 4 is 23.2 Å². The fourth-order valence-electron chi connectivity index (χ4n) is 1.33. The number of amides is 1. The molecule has 6 heteroatoms. The van der Waals surface area contributed by atoms with Crippen molar-refractivity contribution in [3.05, 3.63) is 22.4 Å². The van der Waals surface area contributed by atoms with Gasteiger partial charge in [0.2, 0.25) is 5.91 Å². The predicted molar refractivity (Wildman–Crippen MR) is 63.7 cm³/mol. The number of carbonyl (C=O) groups is 2. The first-order chi connectivity index (χ1) is 8.17. The molecule has 1 aromatic heterocycles. The van der Waals surface area contributed by atoms with E-state index in [4.69, 9.17) is 4.74 Å². The van der Waals surface area contributed by atoms with E-state index in [1.165, 1.54) is 25.6 Å². The predicted octanol–water partition coefficient (Wildman–Crippen LogP) is 1.11. The Morgan fingerprint density at radius 3 is 2.76 bits per heavy atom. The van der Waals surface area contributed by atoms with Gasteiger partial charge in [-0.2, -0.15) is 0 Å². The second kappa shape index (κ2) is 7.03. The van der Waals surface area contributed by atoms with Crippen LogP contribution in [0.3, 0.4) is 0 Å². The summed E-state index contributed by atoms with van der Waals surface area (Å²) in [6.07, 6.45) is 0.118. The van der Waals surface area contributed by atoms with Gasteiger partial charge in [0.25, 0.3) is 0 Å².